The van der Waals surface area contributed by atoms with Gasteiger partial charge in [0.2, 0.25) is 5.91 Å². The Hall–Kier alpha value is -2.90. The minimum Gasteiger partial charge on any atom is -0.454 e. The van der Waals surface area contributed by atoms with Crippen molar-refractivity contribution in [2.45, 2.75) is 288 Å². The number of aliphatic hydroxyl groups excluding tert-OH is 5. The predicted molar refractivity (Wildman–Crippen MR) is 296 cm³/mol. The Morgan fingerprint density at radius 2 is 1.06 bits per heavy atom. The van der Waals surface area contributed by atoms with Gasteiger partial charge in [-0.25, -0.2) is 0 Å². The van der Waals surface area contributed by atoms with Gasteiger partial charge < -0.3 is 45.1 Å². The fourth-order valence-corrected chi connectivity index (χ4v) is 8.74. The molecule has 11 nitrogen and oxygen atoms in total. The van der Waals surface area contributed by atoms with E-state index in [1.807, 2.05) is 18.2 Å². The molecule has 8 atom stereocenters. The lowest BCUT2D eigenvalue weighted by molar-refractivity contribution is -0.305. The van der Waals surface area contributed by atoms with Crippen LogP contribution in [0.1, 0.15) is 239 Å². The van der Waals surface area contributed by atoms with Crippen LogP contribution in [0.3, 0.4) is 0 Å². The van der Waals surface area contributed by atoms with E-state index in [-0.39, 0.29) is 19.4 Å². The first-order valence-corrected chi connectivity index (χ1v) is 29.2. The van der Waals surface area contributed by atoms with Crippen LogP contribution in [0.4, 0.5) is 0 Å². The molecule has 0 saturated carbocycles. The lowest BCUT2D eigenvalue weighted by Crippen LogP contribution is -2.61. The lowest BCUT2D eigenvalue weighted by Gasteiger charge is -2.41. The van der Waals surface area contributed by atoms with Crippen molar-refractivity contribution in [1.29, 1.82) is 0 Å². The Kier molecular flexibility index (Phi) is 45.7. The van der Waals surface area contributed by atoms with Crippen molar-refractivity contribution in [2.75, 3.05) is 13.2 Å². The molecular formula is C61H107NO10. The van der Waals surface area contributed by atoms with E-state index < -0.39 is 67.4 Å². The van der Waals surface area contributed by atoms with Gasteiger partial charge in [-0.1, -0.05) is 229 Å². The molecule has 1 aliphatic rings. The number of rotatable bonds is 48. The summed E-state index contributed by atoms with van der Waals surface area (Å²) in [4.78, 5) is 26.5. The van der Waals surface area contributed by atoms with Gasteiger partial charge in [0.15, 0.2) is 12.4 Å². The second kappa shape index (κ2) is 49.0. The second-order valence-electron chi connectivity index (χ2n) is 20.1. The normalized spacial score (nSPS) is 20.0. The Morgan fingerprint density at radius 3 is 1.62 bits per heavy atom. The molecule has 1 saturated heterocycles. The maximum Gasteiger partial charge on any atom is 0.306 e. The number of ether oxygens (including phenoxy) is 3. The third kappa shape index (κ3) is 36.9. The van der Waals surface area contributed by atoms with Gasteiger partial charge in [0, 0.05) is 6.42 Å². The Labute approximate surface area is 439 Å². The van der Waals surface area contributed by atoms with Crippen LogP contribution in [0.25, 0.3) is 0 Å². The first kappa shape index (κ1) is 67.1. The zero-order valence-corrected chi connectivity index (χ0v) is 45.8. The molecule has 1 aliphatic heterocycles. The number of unbranched alkanes of at least 4 members (excludes halogenated alkanes) is 26. The van der Waals surface area contributed by atoms with E-state index in [4.69, 9.17) is 14.2 Å². The van der Waals surface area contributed by atoms with Gasteiger partial charge in [-0.2, -0.15) is 0 Å². The molecule has 1 amide bonds. The van der Waals surface area contributed by atoms with E-state index in [0.717, 1.165) is 103 Å². The highest BCUT2D eigenvalue weighted by Gasteiger charge is 2.47. The molecule has 1 rings (SSSR count). The molecule has 0 aromatic heterocycles. The Balaban J connectivity index is 2.73. The van der Waals surface area contributed by atoms with Crippen molar-refractivity contribution in [3.63, 3.8) is 0 Å². The van der Waals surface area contributed by atoms with Gasteiger partial charge in [-0.05, 0) is 77.0 Å². The maximum absolute atomic E-state index is 13.4. The molecule has 416 valence electrons. The highest BCUT2D eigenvalue weighted by molar-refractivity contribution is 5.80. The molecule has 0 aliphatic carbocycles. The quantitative estimate of drug-likeness (QED) is 0.0149. The summed E-state index contributed by atoms with van der Waals surface area (Å²) >= 11 is 0. The van der Waals surface area contributed by atoms with Crippen LogP contribution < -0.4 is 5.32 Å². The number of aliphatic hydroxyl groups is 5. The Bertz CT molecular complexity index is 1440. The fourth-order valence-electron chi connectivity index (χ4n) is 8.74. The number of hydrogen-bond donors (Lipinski definition) is 6. The molecule has 0 spiro atoms. The average Bonchev–Trinajstić information content (AvgIpc) is 3.38. The average molecular weight is 1010 g/mol. The monoisotopic (exact) mass is 1010 g/mol. The van der Waals surface area contributed by atoms with E-state index in [2.05, 4.69) is 74.7 Å². The van der Waals surface area contributed by atoms with Crippen molar-refractivity contribution < 1.29 is 49.3 Å². The number of amides is 1. The van der Waals surface area contributed by atoms with Gasteiger partial charge in [-0.3, -0.25) is 9.59 Å². The SMILES string of the molecule is CC/C=C/C=C/C=C/CCCCCCCCC(O)C(=O)NC(COC1OC(CO)C(O)C(O)C1OC(=O)CCCCCCCCC/C=C\C/C=C\CCCCC)C(O)/C=C/CCCCCCCCCCCC. The van der Waals surface area contributed by atoms with E-state index in [0.29, 0.717) is 12.8 Å². The summed E-state index contributed by atoms with van der Waals surface area (Å²) in [6.45, 7) is 5.61. The van der Waals surface area contributed by atoms with Crippen molar-refractivity contribution in [2.24, 2.45) is 0 Å². The molecule has 11 heteroatoms. The van der Waals surface area contributed by atoms with Crippen LogP contribution in [0.2, 0.25) is 0 Å². The zero-order valence-electron chi connectivity index (χ0n) is 45.8. The summed E-state index contributed by atoms with van der Waals surface area (Å²) < 4.78 is 17.6. The van der Waals surface area contributed by atoms with Crippen LogP contribution in [0.5, 0.6) is 0 Å². The van der Waals surface area contributed by atoms with Crippen molar-refractivity contribution in [3.05, 3.63) is 72.9 Å². The molecule has 0 radical (unpaired) electrons. The minimum absolute atomic E-state index is 0.111. The summed E-state index contributed by atoms with van der Waals surface area (Å²) in [6, 6.07) is -1.03. The molecule has 1 fully saturated rings. The highest BCUT2D eigenvalue weighted by atomic mass is 16.7. The van der Waals surface area contributed by atoms with Crippen LogP contribution in [-0.2, 0) is 23.8 Å². The minimum atomic E-state index is -1.62. The molecule has 6 N–H and O–H groups in total. The zero-order chi connectivity index (χ0) is 52.5. The van der Waals surface area contributed by atoms with Gasteiger partial charge in [0.05, 0.1) is 25.4 Å². The number of esters is 1. The molecule has 8 unspecified atom stereocenters. The third-order valence-corrected chi connectivity index (χ3v) is 13.4. The van der Waals surface area contributed by atoms with Gasteiger partial charge in [-0.15, -0.1) is 0 Å². The number of carbonyl (C=O) groups is 2. The third-order valence-electron chi connectivity index (χ3n) is 13.4. The first-order valence-electron chi connectivity index (χ1n) is 29.2. The summed E-state index contributed by atoms with van der Waals surface area (Å²) in [5, 5.41) is 56.8. The van der Waals surface area contributed by atoms with Crippen LogP contribution in [-0.4, -0.2) is 99.6 Å². The highest BCUT2D eigenvalue weighted by Crippen LogP contribution is 2.26. The summed E-state index contributed by atoms with van der Waals surface area (Å²) in [6.07, 6.45) is 50.8. The standard InChI is InChI=1S/C61H107NO10/c1-4-7-10-13-16-19-22-25-27-28-29-31-34-37-40-43-46-49-56(66)72-59-58(68)57(67)55(50-63)71-61(59)70-51-52(53(64)47-44-41-38-35-32-24-21-18-15-12-9-6-3)62-60(69)54(65)48-45-42-39-36-33-30-26-23-20-17-14-11-8-5-2/h8,11,14,16-17,19-20,23,25,27,44,47,52-55,57-59,61,63-65,67-68H,4-7,9-10,12-13,15,18,21-22,24,26,28-43,45-46,48-51H2,1-3H3,(H,62,69)/b11-8+,17-14+,19-16-,23-20+,27-25-,47-44+. The summed E-state index contributed by atoms with van der Waals surface area (Å²) in [5.41, 5.74) is 0. The first-order chi connectivity index (χ1) is 35.2. The number of hydrogen-bond acceptors (Lipinski definition) is 10. The lowest BCUT2D eigenvalue weighted by atomic mass is 9.99. The van der Waals surface area contributed by atoms with Crippen LogP contribution >= 0.6 is 0 Å². The molecule has 0 aromatic carbocycles. The molecular weight excluding hydrogens is 907 g/mol. The van der Waals surface area contributed by atoms with Crippen molar-refractivity contribution in [3.8, 4) is 0 Å². The predicted octanol–water partition coefficient (Wildman–Crippen LogP) is 13.2. The Morgan fingerprint density at radius 1 is 0.569 bits per heavy atom. The fraction of sp³-hybridized carbons (Fsp3) is 0.770. The van der Waals surface area contributed by atoms with Crippen molar-refractivity contribution >= 4 is 11.9 Å². The number of nitrogens with one attached hydrogen (secondary N) is 1. The summed E-state index contributed by atoms with van der Waals surface area (Å²) in [5.74, 6) is -1.22. The van der Waals surface area contributed by atoms with E-state index in [9.17, 15) is 35.1 Å². The summed E-state index contributed by atoms with van der Waals surface area (Å²) in [7, 11) is 0. The number of allylic oxidation sites excluding steroid dienone is 11. The van der Waals surface area contributed by atoms with E-state index in [1.165, 1.54) is 89.9 Å². The molecule has 0 bridgehead atoms. The van der Waals surface area contributed by atoms with Gasteiger partial charge >= 0.3 is 5.97 Å². The molecule has 0 aromatic rings. The van der Waals surface area contributed by atoms with Crippen molar-refractivity contribution in [1.82, 2.24) is 5.32 Å². The van der Waals surface area contributed by atoms with Crippen LogP contribution in [0.15, 0.2) is 72.9 Å². The van der Waals surface area contributed by atoms with Gasteiger partial charge in [0.1, 0.15) is 24.4 Å². The topological polar surface area (TPSA) is 175 Å². The van der Waals surface area contributed by atoms with E-state index in [1.54, 1.807) is 6.08 Å². The molecule has 1 heterocycles. The van der Waals surface area contributed by atoms with E-state index >= 15 is 0 Å². The van der Waals surface area contributed by atoms with Gasteiger partial charge in [0.25, 0.3) is 0 Å². The second-order valence-corrected chi connectivity index (χ2v) is 20.1. The smallest absolute Gasteiger partial charge is 0.306 e. The number of carbonyl (C=O) groups excluding carboxylic acids is 2. The molecule has 72 heavy (non-hydrogen) atoms. The largest absolute Gasteiger partial charge is 0.454 e. The van der Waals surface area contributed by atoms with Crippen LogP contribution in [0, 0.1) is 0 Å². The maximum atomic E-state index is 13.4.